The first-order valence-electron chi connectivity index (χ1n) is 9.99. The van der Waals surface area contributed by atoms with Crippen LogP contribution >= 0.6 is 11.8 Å². The van der Waals surface area contributed by atoms with Crippen LogP contribution in [0.3, 0.4) is 0 Å². The van der Waals surface area contributed by atoms with Gasteiger partial charge in [0.1, 0.15) is 6.10 Å². The van der Waals surface area contributed by atoms with E-state index in [-0.39, 0.29) is 0 Å². The van der Waals surface area contributed by atoms with Crippen molar-refractivity contribution in [3.63, 3.8) is 0 Å². The lowest BCUT2D eigenvalue weighted by Gasteiger charge is -2.17. The van der Waals surface area contributed by atoms with Crippen LogP contribution in [0.25, 0.3) is 0 Å². The summed E-state index contributed by atoms with van der Waals surface area (Å²) in [5.41, 5.74) is 0. The Morgan fingerprint density at radius 1 is 0.682 bits per heavy atom. The zero-order chi connectivity index (χ0) is 16.5. The van der Waals surface area contributed by atoms with Gasteiger partial charge in [-0.25, -0.2) is 5.11 Å². The van der Waals surface area contributed by atoms with Crippen LogP contribution in [0.1, 0.15) is 111 Å². The average molecular weight is 330 g/mol. The molecule has 133 valence electrons. The van der Waals surface area contributed by atoms with E-state index in [9.17, 15) is 5.11 Å². The normalized spacial score (nSPS) is 14.2. The van der Waals surface area contributed by atoms with Gasteiger partial charge in [-0.1, -0.05) is 90.9 Å². The van der Waals surface area contributed by atoms with Gasteiger partial charge in [-0.05, 0) is 25.5 Å². The first kappa shape index (κ1) is 22.3. The topological polar surface area (TPSA) is 19.9 Å². The van der Waals surface area contributed by atoms with Gasteiger partial charge in [0.05, 0.1) is 0 Å². The van der Waals surface area contributed by atoms with E-state index in [2.05, 4.69) is 13.8 Å². The van der Waals surface area contributed by atoms with Crippen LogP contribution in [0.2, 0.25) is 0 Å². The monoisotopic (exact) mass is 329 g/mol. The number of rotatable bonds is 17. The molecule has 0 aromatic rings. The molecule has 0 aliphatic heterocycles. The van der Waals surface area contributed by atoms with Crippen LogP contribution in [0.15, 0.2) is 0 Å². The third-order valence-corrected chi connectivity index (χ3v) is 6.02. The van der Waals surface area contributed by atoms with Crippen molar-refractivity contribution in [2.45, 2.75) is 122 Å². The summed E-state index contributed by atoms with van der Waals surface area (Å²) in [7, 11) is 0. The van der Waals surface area contributed by atoms with Gasteiger partial charge in [0.25, 0.3) is 0 Å². The fourth-order valence-electron chi connectivity index (χ4n) is 2.87. The largest absolute Gasteiger partial charge is 0.232 e. The minimum absolute atomic E-state index is 0.352. The smallest absolute Gasteiger partial charge is 0.102 e. The van der Waals surface area contributed by atoms with Crippen LogP contribution in [-0.2, 0) is 5.11 Å². The third kappa shape index (κ3) is 15.2. The molecule has 0 saturated heterocycles. The summed E-state index contributed by atoms with van der Waals surface area (Å²) in [6.45, 7) is 6.36. The lowest BCUT2D eigenvalue weighted by Crippen LogP contribution is -2.18. The molecule has 0 heterocycles. The maximum atomic E-state index is 11.7. The molecule has 0 amide bonds. The van der Waals surface area contributed by atoms with Gasteiger partial charge in [0.2, 0.25) is 0 Å². The SMILES string of the molecule is CCCCCCCCCCCCSC(CCCCC)C(C)[O]. The summed E-state index contributed by atoms with van der Waals surface area (Å²) in [5.74, 6) is 1.19. The van der Waals surface area contributed by atoms with Crippen molar-refractivity contribution in [1.82, 2.24) is 0 Å². The van der Waals surface area contributed by atoms with Crippen molar-refractivity contribution in [2.75, 3.05) is 5.75 Å². The third-order valence-electron chi connectivity index (χ3n) is 4.45. The lowest BCUT2D eigenvalue weighted by atomic mass is 10.1. The molecular weight excluding hydrogens is 288 g/mol. The quantitative estimate of drug-likeness (QED) is 0.254. The Morgan fingerprint density at radius 3 is 1.64 bits per heavy atom. The molecule has 0 saturated carbocycles. The number of unbranched alkanes of at least 4 members (excludes halogenated alkanes) is 11. The molecule has 0 spiro atoms. The van der Waals surface area contributed by atoms with Crippen LogP contribution < -0.4 is 0 Å². The van der Waals surface area contributed by atoms with Gasteiger partial charge in [-0.3, -0.25) is 0 Å². The highest BCUT2D eigenvalue weighted by Crippen LogP contribution is 2.23. The summed E-state index contributed by atoms with van der Waals surface area (Å²) in [5, 5.41) is 12.1. The van der Waals surface area contributed by atoms with E-state index in [4.69, 9.17) is 0 Å². The van der Waals surface area contributed by atoms with Crippen molar-refractivity contribution < 1.29 is 5.11 Å². The second-order valence-corrected chi connectivity index (χ2v) is 8.14. The summed E-state index contributed by atoms with van der Waals surface area (Å²) >= 11 is 1.94. The molecule has 0 aliphatic rings. The van der Waals surface area contributed by atoms with Crippen molar-refractivity contribution in [2.24, 2.45) is 0 Å². The Bertz CT molecular complexity index is 206. The Kier molecular flexibility index (Phi) is 17.9. The van der Waals surface area contributed by atoms with E-state index in [0.29, 0.717) is 5.25 Å². The summed E-state index contributed by atoms with van der Waals surface area (Å²) in [6.07, 6.45) is 18.4. The fourth-order valence-corrected chi connectivity index (χ4v) is 4.15. The van der Waals surface area contributed by atoms with Crippen LogP contribution in [0.5, 0.6) is 0 Å². The van der Waals surface area contributed by atoms with E-state index >= 15 is 0 Å². The van der Waals surface area contributed by atoms with Gasteiger partial charge in [0.15, 0.2) is 0 Å². The Hall–Kier alpha value is 0.310. The first-order valence-corrected chi connectivity index (χ1v) is 11.0. The molecule has 0 aromatic carbocycles. The van der Waals surface area contributed by atoms with E-state index in [1.54, 1.807) is 0 Å². The van der Waals surface area contributed by atoms with Crippen molar-refractivity contribution in [3.8, 4) is 0 Å². The molecule has 0 aliphatic carbocycles. The lowest BCUT2D eigenvalue weighted by molar-refractivity contribution is 0.100. The molecule has 1 radical (unpaired) electrons. The molecule has 0 aromatic heterocycles. The van der Waals surface area contributed by atoms with Gasteiger partial charge in [-0.2, -0.15) is 11.8 Å². The van der Waals surface area contributed by atoms with E-state index in [1.165, 1.54) is 89.2 Å². The van der Waals surface area contributed by atoms with Crippen LogP contribution in [-0.4, -0.2) is 17.1 Å². The second kappa shape index (κ2) is 17.7. The van der Waals surface area contributed by atoms with Gasteiger partial charge in [-0.15, -0.1) is 0 Å². The Balaban J connectivity index is 3.34. The maximum Gasteiger partial charge on any atom is 0.102 e. The fraction of sp³-hybridized carbons (Fsp3) is 1.00. The summed E-state index contributed by atoms with van der Waals surface area (Å²) in [4.78, 5) is 0. The second-order valence-electron chi connectivity index (χ2n) is 6.79. The van der Waals surface area contributed by atoms with Gasteiger partial charge < -0.3 is 0 Å². The summed E-state index contributed by atoms with van der Waals surface area (Å²) < 4.78 is 0. The minimum Gasteiger partial charge on any atom is -0.232 e. The number of hydrogen-bond donors (Lipinski definition) is 0. The standard InChI is InChI=1S/C20H41OS/c1-4-6-8-9-10-11-12-13-14-16-18-22-20(19(3)21)17-15-7-5-2/h19-20H,4-18H2,1-3H3. The predicted molar refractivity (Wildman–Crippen MR) is 102 cm³/mol. The van der Waals surface area contributed by atoms with E-state index in [1.807, 2.05) is 18.7 Å². The van der Waals surface area contributed by atoms with Crippen molar-refractivity contribution in [3.05, 3.63) is 0 Å². The molecule has 2 atom stereocenters. The molecule has 0 rings (SSSR count). The van der Waals surface area contributed by atoms with Crippen molar-refractivity contribution >= 4 is 11.8 Å². The molecule has 22 heavy (non-hydrogen) atoms. The number of thioether (sulfide) groups is 1. The molecular formula is C20H41OS. The Morgan fingerprint density at radius 2 is 1.14 bits per heavy atom. The molecule has 2 unspecified atom stereocenters. The zero-order valence-corrected chi connectivity index (χ0v) is 16.4. The highest BCUT2D eigenvalue weighted by Gasteiger charge is 2.15. The molecule has 1 nitrogen and oxygen atoms in total. The zero-order valence-electron chi connectivity index (χ0n) is 15.6. The highest BCUT2D eigenvalue weighted by atomic mass is 32.2. The molecule has 0 bridgehead atoms. The van der Waals surface area contributed by atoms with Gasteiger partial charge >= 0.3 is 0 Å². The molecule has 0 fully saturated rings. The van der Waals surface area contributed by atoms with E-state index in [0.717, 1.165) is 6.42 Å². The minimum atomic E-state index is -0.398. The number of hydrogen-bond acceptors (Lipinski definition) is 1. The highest BCUT2D eigenvalue weighted by molar-refractivity contribution is 7.99. The summed E-state index contributed by atoms with van der Waals surface area (Å²) in [6, 6.07) is 0. The van der Waals surface area contributed by atoms with E-state index < -0.39 is 6.10 Å². The van der Waals surface area contributed by atoms with Crippen molar-refractivity contribution in [1.29, 1.82) is 0 Å². The Labute approximate surface area is 145 Å². The van der Waals surface area contributed by atoms with Gasteiger partial charge in [0, 0.05) is 5.25 Å². The first-order chi connectivity index (χ1) is 10.7. The maximum absolute atomic E-state index is 11.7. The molecule has 0 N–H and O–H groups in total. The molecule has 2 heteroatoms. The van der Waals surface area contributed by atoms with Crippen LogP contribution in [0.4, 0.5) is 0 Å². The van der Waals surface area contributed by atoms with Crippen LogP contribution in [0, 0.1) is 0 Å². The predicted octanol–water partition coefficient (Wildman–Crippen LogP) is 7.41. The average Bonchev–Trinajstić information content (AvgIpc) is 2.50.